The van der Waals surface area contributed by atoms with E-state index in [-0.39, 0.29) is 6.61 Å². The molecule has 0 aliphatic carbocycles. The van der Waals surface area contributed by atoms with Crippen molar-refractivity contribution in [2.75, 3.05) is 12.4 Å². The van der Waals surface area contributed by atoms with Gasteiger partial charge in [-0.1, -0.05) is 64.5 Å². The molecular formula is C23H18Br2O3S. The molecule has 0 aliphatic rings. The standard InChI is InChI=1S/C23H18Br2O3S/c24-18-8-6-17(7-9-18)20(16-4-2-1-3-5-16)12-13-29-19-10-11-22(21(25)14-19)28-15-23(26)27/h1-12,14H,13,15H2,(H,26,27). The van der Waals surface area contributed by atoms with Crippen LogP contribution in [0.25, 0.3) is 5.57 Å². The molecule has 0 amide bonds. The normalized spacial score (nSPS) is 11.3. The maximum Gasteiger partial charge on any atom is 0.341 e. The molecule has 0 aromatic heterocycles. The second kappa shape index (κ2) is 10.7. The third-order valence-corrected chi connectivity index (χ3v) is 6.10. The van der Waals surface area contributed by atoms with Gasteiger partial charge in [-0.25, -0.2) is 4.79 Å². The molecule has 0 unspecified atom stereocenters. The fraction of sp³-hybridized carbons (Fsp3) is 0.0870. The van der Waals surface area contributed by atoms with Crippen molar-refractivity contribution in [3.63, 3.8) is 0 Å². The monoisotopic (exact) mass is 532 g/mol. The smallest absolute Gasteiger partial charge is 0.341 e. The zero-order chi connectivity index (χ0) is 20.6. The van der Waals surface area contributed by atoms with E-state index in [1.165, 1.54) is 16.7 Å². The molecule has 0 radical (unpaired) electrons. The molecule has 6 heteroatoms. The van der Waals surface area contributed by atoms with E-state index in [4.69, 9.17) is 9.84 Å². The zero-order valence-electron chi connectivity index (χ0n) is 15.3. The highest BCUT2D eigenvalue weighted by Crippen LogP contribution is 2.32. The van der Waals surface area contributed by atoms with Crippen LogP contribution < -0.4 is 4.74 Å². The van der Waals surface area contributed by atoms with Crippen LogP contribution in [0.1, 0.15) is 11.1 Å². The Morgan fingerprint density at radius 2 is 1.66 bits per heavy atom. The van der Waals surface area contributed by atoms with Gasteiger partial charge in [-0.3, -0.25) is 0 Å². The first-order chi connectivity index (χ1) is 14.0. The summed E-state index contributed by atoms with van der Waals surface area (Å²) in [6.45, 7) is -0.360. The van der Waals surface area contributed by atoms with Crippen molar-refractivity contribution in [1.82, 2.24) is 0 Å². The van der Waals surface area contributed by atoms with Gasteiger partial charge in [0.05, 0.1) is 4.47 Å². The van der Waals surface area contributed by atoms with E-state index in [1.54, 1.807) is 17.8 Å². The minimum atomic E-state index is -0.998. The molecule has 0 fully saturated rings. The SMILES string of the molecule is O=C(O)COc1ccc(SCC=C(c2ccccc2)c2ccc(Br)cc2)cc1Br. The number of carbonyl (C=O) groups is 1. The summed E-state index contributed by atoms with van der Waals surface area (Å²) in [5, 5.41) is 8.74. The van der Waals surface area contributed by atoms with Crippen molar-refractivity contribution in [2.24, 2.45) is 0 Å². The lowest BCUT2D eigenvalue weighted by Crippen LogP contribution is -2.09. The Hall–Kier alpha value is -2.02. The molecule has 3 aromatic carbocycles. The zero-order valence-corrected chi connectivity index (χ0v) is 19.3. The second-order valence-electron chi connectivity index (χ2n) is 6.08. The third-order valence-electron chi connectivity index (χ3n) is 4.03. The largest absolute Gasteiger partial charge is 0.481 e. The van der Waals surface area contributed by atoms with Crippen LogP contribution in [0.5, 0.6) is 5.75 Å². The summed E-state index contributed by atoms with van der Waals surface area (Å²) in [5.74, 6) is 0.316. The highest BCUT2D eigenvalue weighted by atomic mass is 79.9. The van der Waals surface area contributed by atoms with E-state index in [2.05, 4.69) is 62.2 Å². The summed E-state index contributed by atoms with van der Waals surface area (Å²) in [7, 11) is 0. The fourth-order valence-corrected chi connectivity index (χ4v) is 4.42. The lowest BCUT2D eigenvalue weighted by atomic mass is 9.98. The van der Waals surface area contributed by atoms with Crippen LogP contribution in [0.15, 0.2) is 92.7 Å². The number of hydrogen-bond donors (Lipinski definition) is 1. The van der Waals surface area contributed by atoms with E-state index >= 15 is 0 Å². The van der Waals surface area contributed by atoms with Crippen LogP contribution >= 0.6 is 43.6 Å². The van der Waals surface area contributed by atoms with E-state index < -0.39 is 5.97 Å². The average molecular weight is 534 g/mol. The van der Waals surface area contributed by atoms with Crippen LogP contribution in [0.2, 0.25) is 0 Å². The van der Waals surface area contributed by atoms with Crippen LogP contribution in [0.4, 0.5) is 0 Å². The predicted molar refractivity (Wildman–Crippen MR) is 126 cm³/mol. The molecule has 0 spiro atoms. The number of carboxylic acids is 1. The number of thioether (sulfide) groups is 1. The molecule has 1 N–H and O–H groups in total. The molecule has 3 rings (SSSR count). The Balaban J connectivity index is 1.75. The molecule has 0 saturated heterocycles. The van der Waals surface area contributed by atoms with Crippen LogP contribution in [0, 0.1) is 0 Å². The number of carboxylic acid groups (broad SMARTS) is 1. The lowest BCUT2D eigenvalue weighted by Gasteiger charge is -2.10. The number of halogens is 2. The van der Waals surface area contributed by atoms with Crippen molar-refractivity contribution in [3.05, 3.63) is 98.9 Å². The van der Waals surface area contributed by atoms with Crippen LogP contribution in [-0.4, -0.2) is 23.4 Å². The molecule has 0 atom stereocenters. The lowest BCUT2D eigenvalue weighted by molar-refractivity contribution is -0.139. The summed E-state index contributed by atoms with van der Waals surface area (Å²) in [6.07, 6.45) is 2.23. The molecule has 3 aromatic rings. The summed E-state index contributed by atoms with van der Waals surface area (Å²) >= 11 is 8.64. The topological polar surface area (TPSA) is 46.5 Å². The minimum absolute atomic E-state index is 0.360. The van der Waals surface area contributed by atoms with Crippen molar-refractivity contribution in [3.8, 4) is 5.75 Å². The molecule has 0 heterocycles. The van der Waals surface area contributed by atoms with Gasteiger partial charge in [-0.15, -0.1) is 11.8 Å². The first kappa shape index (κ1) is 21.7. The van der Waals surface area contributed by atoms with Gasteiger partial charge in [0.15, 0.2) is 6.61 Å². The van der Waals surface area contributed by atoms with Gasteiger partial charge in [-0.05, 0) is 63.0 Å². The number of ether oxygens (including phenoxy) is 1. The van der Waals surface area contributed by atoms with Crippen molar-refractivity contribution >= 4 is 55.2 Å². The highest BCUT2D eigenvalue weighted by molar-refractivity contribution is 9.10. The fourth-order valence-electron chi connectivity index (χ4n) is 2.70. The quantitative estimate of drug-likeness (QED) is 0.320. The Bertz CT molecular complexity index is 1000. The van der Waals surface area contributed by atoms with Gasteiger partial charge in [0.25, 0.3) is 0 Å². The van der Waals surface area contributed by atoms with E-state index in [0.717, 1.165) is 19.6 Å². The van der Waals surface area contributed by atoms with Gasteiger partial charge in [-0.2, -0.15) is 0 Å². The van der Waals surface area contributed by atoms with Gasteiger partial charge >= 0.3 is 5.97 Å². The van der Waals surface area contributed by atoms with Crippen LogP contribution in [0.3, 0.4) is 0 Å². The molecule has 3 nitrogen and oxygen atoms in total. The Kier molecular flexibility index (Phi) is 7.98. The van der Waals surface area contributed by atoms with E-state index in [1.807, 2.05) is 42.5 Å². The van der Waals surface area contributed by atoms with Gasteiger partial charge in [0.1, 0.15) is 5.75 Å². The molecule has 0 aliphatic heterocycles. The van der Waals surface area contributed by atoms with Gasteiger partial charge < -0.3 is 9.84 Å². The number of benzene rings is 3. The van der Waals surface area contributed by atoms with Crippen molar-refractivity contribution in [1.29, 1.82) is 0 Å². The molecule has 0 saturated carbocycles. The molecular weight excluding hydrogens is 516 g/mol. The second-order valence-corrected chi connectivity index (χ2v) is 8.94. The number of rotatable bonds is 8. The Morgan fingerprint density at radius 3 is 2.31 bits per heavy atom. The van der Waals surface area contributed by atoms with E-state index in [0.29, 0.717) is 5.75 Å². The third kappa shape index (κ3) is 6.49. The average Bonchev–Trinajstić information content (AvgIpc) is 2.72. The maximum absolute atomic E-state index is 10.7. The summed E-state index contributed by atoms with van der Waals surface area (Å²) in [4.78, 5) is 11.7. The molecule has 148 valence electrons. The summed E-state index contributed by atoms with van der Waals surface area (Å²) < 4.78 is 7.04. The first-order valence-corrected chi connectivity index (χ1v) is 11.4. The maximum atomic E-state index is 10.7. The molecule has 0 bridgehead atoms. The van der Waals surface area contributed by atoms with Gasteiger partial charge in [0.2, 0.25) is 0 Å². The highest BCUT2D eigenvalue weighted by Gasteiger charge is 2.07. The number of aliphatic carboxylic acids is 1. The van der Waals surface area contributed by atoms with Crippen LogP contribution in [-0.2, 0) is 4.79 Å². The van der Waals surface area contributed by atoms with Crippen molar-refractivity contribution < 1.29 is 14.6 Å². The van der Waals surface area contributed by atoms with Crippen molar-refractivity contribution in [2.45, 2.75) is 4.90 Å². The Labute approximate surface area is 191 Å². The summed E-state index contributed by atoms with van der Waals surface area (Å²) in [5.41, 5.74) is 3.53. The summed E-state index contributed by atoms with van der Waals surface area (Å²) in [6, 6.07) is 24.3. The van der Waals surface area contributed by atoms with Gasteiger partial charge in [0, 0.05) is 15.1 Å². The Morgan fingerprint density at radius 1 is 0.966 bits per heavy atom. The predicted octanol–water partition coefficient (Wildman–Crippen LogP) is 6.90. The van der Waals surface area contributed by atoms with E-state index in [9.17, 15) is 4.79 Å². The minimum Gasteiger partial charge on any atom is -0.481 e. The number of hydrogen-bond acceptors (Lipinski definition) is 3. The molecule has 29 heavy (non-hydrogen) atoms. The first-order valence-electron chi connectivity index (χ1n) is 8.81.